The van der Waals surface area contributed by atoms with Crippen molar-refractivity contribution in [3.05, 3.63) is 0 Å². The summed E-state index contributed by atoms with van der Waals surface area (Å²) in [6.45, 7) is 5.76. The smallest absolute Gasteiger partial charge is 0.418 e. The average molecular weight is 283 g/mol. The van der Waals surface area contributed by atoms with E-state index in [1.165, 1.54) is 0 Å². The van der Waals surface area contributed by atoms with Crippen LogP contribution in [0.1, 0.15) is 40.5 Å². The summed E-state index contributed by atoms with van der Waals surface area (Å²) in [5, 5.41) is 9.69. The molecule has 1 fully saturated rings. The zero-order valence-electron chi connectivity index (χ0n) is 11.5. The predicted octanol–water partition coefficient (Wildman–Crippen LogP) is 2.70. The number of nitrogens with zero attached hydrogens (tertiary/aromatic N) is 1. The first kappa shape index (κ1) is 16.1. The van der Waals surface area contributed by atoms with Gasteiger partial charge >= 0.3 is 12.3 Å². The Morgan fingerprint density at radius 2 is 1.79 bits per heavy atom. The number of alkyl halides is 3. The molecule has 1 N–H and O–H groups in total. The van der Waals surface area contributed by atoms with E-state index in [2.05, 4.69) is 0 Å². The van der Waals surface area contributed by atoms with Gasteiger partial charge < -0.3 is 14.7 Å². The van der Waals surface area contributed by atoms with Crippen LogP contribution in [0, 0.1) is 0 Å². The van der Waals surface area contributed by atoms with Crippen molar-refractivity contribution in [2.24, 2.45) is 0 Å². The van der Waals surface area contributed by atoms with E-state index in [1.54, 1.807) is 20.8 Å². The average Bonchev–Trinajstić information content (AvgIpc) is 2.60. The van der Waals surface area contributed by atoms with Crippen molar-refractivity contribution in [3.63, 3.8) is 0 Å². The highest BCUT2D eigenvalue weighted by molar-refractivity contribution is 5.69. The minimum Gasteiger partial charge on any atom is -0.444 e. The molecule has 1 aliphatic rings. The molecule has 1 rings (SSSR count). The molecule has 1 amide bonds. The third-order valence-electron chi connectivity index (χ3n) is 3.10. The molecular formula is C12H20F3NO3. The van der Waals surface area contributed by atoms with Crippen LogP contribution in [0.4, 0.5) is 18.0 Å². The van der Waals surface area contributed by atoms with Crippen LogP contribution in [0.3, 0.4) is 0 Å². The first-order valence-electron chi connectivity index (χ1n) is 6.15. The first-order valence-corrected chi connectivity index (χ1v) is 6.15. The van der Waals surface area contributed by atoms with Crippen molar-refractivity contribution in [3.8, 4) is 0 Å². The van der Waals surface area contributed by atoms with Gasteiger partial charge in [0.2, 0.25) is 0 Å². The van der Waals surface area contributed by atoms with Gasteiger partial charge in [-0.2, -0.15) is 13.2 Å². The van der Waals surface area contributed by atoms with Gasteiger partial charge in [-0.25, -0.2) is 4.79 Å². The molecule has 0 bridgehead atoms. The Labute approximate surface area is 110 Å². The maximum Gasteiger partial charge on any atom is 0.418 e. The molecule has 0 aromatic carbocycles. The summed E-state index contributed by atoms with van der Waals surface area (Å²) >= 11 is 0. The molecule has 0 radical (unpaired) electrons. The third-order valence-corrected chi connectivity index (χ3v) is 3.10. The zero-order chi connectivity index (χ0) is 15.1. The van der Waals surface area contributed by atoms with Crippen LogP contribution in [-0.4, -0.2) is 46.1 Å². The number of rotatable bonds is 1. The minimum absolute atomic E-state index is 0.103. The normalized spacial score (nSPS) is 24.2. The molecule has 0 aliphatic carbocycles. The largest absolute Gasteiger partial charge is 0.444 e. The number of aliphatic hydroxyl groups is 1. The first-order chi connectivity index (χ1) is 8.36. The van der Waals surface area contributed by atoms with E-state index in [-0.39, 0.29) is 13.0 Å². The summed E-state index contributed by atoms with van der Waals surface area (Å²) < 4.78 is 43.6. The second-order valence-corrected chi connectivity index (χ2v) is 5.98. The van der Waals surface area contributed by atoms with Crippen molar-refractivity contribution < 1.29 is 27.8 Å². The molecule has 1 heterocycles. The summed E-state index contributed by atoms with van der Waals surface area (Å²) in [4.78, 5) is 12.8. The number of likely N-dealkylation sites (tertiary alicyclic amines) is 1. The van der Waals surface area contributed by atoms with E-state index in [4.69, 9.17) is 4.74 Å². The Morgan fingerprint density at radius 3 is 2.21 bits per heavy atom. The molecule has 0 unspecified atom stereocenters. The summed E-state index contributed by atoms with van der Waals surface area (Å²) in [6.07, 6.45) is -5.09. The Bertz CT molecular complexity index is 347. The van der Waals surface area contributed by atoms with Crippen LogP contribution in [0.15, 0.2) is 0 Å². The van der Waals surface area contributed by atoms with Crippen molar-refractivity contribution >= 4 is 6.09 Å². The van der Waals surface area contributed by atoms with E-state index in [0.717, 1.165) is 4.90 Å². The number of hydrogen-bond acceptors (Lipinski definition) is 3. The van der Waals surface area contributed by atoms with Crippen LogP contribution in [0.5, 0.6) is 0 Å². The number of carbonyl (C=O) groups is 1. The Balaban J connectivity index is 2.89. The topological polar surface area (TPSA) is 49.8 Å². The van der Waals surface area contributed by atoms with E-state index < -0.39 is 29.5 Å². The molecule has 0 aromatic rings. The number of carbonyl (C=O) groups excluding carboxylic acids is 1. The molecular weight excluding hydrogens is 263 g/mol. The second-order valence-electron chi connectivity index (χ2n) is 5.98. The van der Waals surface area contributed by atoms with Crippen LogP contribution in [0.25, 0.3) is 0 Å². The SMILES string of the molecule is CC(C)(C)OC(=O)N1CCC[C@@H]1[C@](C)(O)C(F)(F)F. The van der Waals surface area contributed by atoms with Gasteiger partial charge in [-0.1, -0.05) is 0 Å². The minimum atomic E-state index is -4.79. The Hall–Kier alpha value is -0.980. The molecule has 7 heteroatoms. The number of hydrogen-bond donors (Lipinski definition) is 1. The maximum absolute atomic E-state index is 12.8. The lowest BCUT2D eigenvalue weighted by molar-refractivity contribution is -0.269. The molecule has 19 heavy (non-hydrogen) atoms. The van der Waals surface area contributed by atoms with Gasteiger partial charge in [-0.3, -0.25) is 0 Å². The lowest BCUT2D eigenvalue weighted by atomic mass is 9.94. The Kier molecular flexibility index (Phi) is 4.10. The van der Waals surface area contributed by atoms with Gasteiger partial charge in [-0.15, -0.1) is 0 Å². The second kappa shape index (κ2) is 4.85. The van der Waals surface area contributed by atoms with Crippen LogP contribution in [0.2, 0.25) is 0 Å². The van der Waals surface area contributed by atoms with Crippen LogP contribution in [-0.2, 0) is 4.74 Å². The van der Waals surface area contributed by atoms with Gasteiger partial charge in [0.05, 0.1) is 6.04 Å². The molecule has 112 valence electrons. The number of ether oxygens (including phenoxy) is 1. The van der Waals surface area contributed by atoms with Crippen LogP contribution >= 0.6 is 0 Å². The highest BCUT2D eigenvalue weighted by Crippen LogP contribution is 2.39. The molecule has 1 saturated heterocycles. The molecule has 0 aromatic heterocycles. The van der Waals surface area contributed by atoms with Gasteiger partial charge in [0.25, 0.3) is 0 Å². The van der Waals surface area contributed by atoms with Crippen molar-refractivity contribution in [2.45, 2.75) is 64.0 Å². The van der Waals surface area contributed by atoms with Gasteiger partial charge in [-0.05, 0) is 40.5 Å². The van der Waals surface area contributed by atoms with Gasteiger partial charge in [0.15, 0.2) is 5.60 Å². The summed E-state index contributed by atoms with van der Waals surface area (Å²) in [6, 6.07) is -1.30. The van der Waals surface area contributed by atoms with Crippen LogP contribution < -0.4 is 0 Å². The van der Waals surface area contributed by atoms with Crippen molar-refractivity contribution in [1.29, 1.82) is 0 Å². The predicted molar refractivity (Wildman–Crippen MR) is 62.6 cm³/mol. The summed E-state index contributed by atoms with van der Waals surface area (Å²) in [5.41, 5.74) is -3.71. The van der Waals surface area contributed by atoms with Gasteiger partial charge in [0.1, 0.15) is 5.60 Å². The van der Waals surface area contributed by atoms with E-state index in [9.17, 15) is 23.1 Å². The highest BCUT2D eigenvalue weighted by atomic mass is 19.4. The lowest BCUT2D eigenvalue weighted by Gasteiger charge is -2.38. The number of halogens is 3. The fourth-order valence-corrected chi connectivity index (χ4v) is 2.08. The maximum atomic E-state index is 12.8. The third kappa shape index (κ3) is 3.52. The zero-order valence-corrected chi connectivity index (χ0v) is 11.5. The number of amides is 1. The lowest BCUT2D eigenvalue weighted by Crippen LogP contribution is -2.58. The summed E-state index contributed by atoms with van der Waals surface area (Å²) in [7, 11) is 0. The molecule has 0 spiro atoms. The quantitative estimate of drug-likeness (QED) is 0.805. The highest BCUT2D eigenvalue weighted by Gasteiger charge is 2.58. The fourth-order valence-electron chi connectivity index (χ4n) is 2.08. The monoisotopic (exact) mass is 283 g/mol. The van der Waals surface area contributed by atoms with E-state index in [1.807, 2.05) is 0 Å². The molecule has 2 atom stereocenters. The van der Waals surface area contributed by atoms with E-state index >= 15 is 0 Å². The van der Waals surface area contributed by atoms with Gasteiger partial charge in [0, 0.05) is 6.54 Å². The molecule has 4 nitrogen and oxygen atoms in total. The molecule has 1 aliphatic heterocycles. The fraction of sp³-hybridized carbons (Fsp3) is 0.917. The standard InChI is InChI=1S/C12H20F3NO3/c1-10(2,3)19-9(17)16-7-5-6-8(16)11(4,18)12(13,14)15/h8,18H,5-7H2,1-4H3/t8-,11+/m1/s1. The summed E-state index contributed by atoms with van der Waals surface area (Å²) in [5.74, 6) is 0. The Morgan fingerprint density at radius 1 is 1.26 bits per heavy atom. The van der Waals surface area contributed by atoms with Crippen molar-refractivity contribution in [2.75, 3.05) is 6.54 Å². The van der Waals surface area contributed by atoms with E-state index in [0.29, 0.717) is 13.3 Å². The molecule has 0 saturated carbocycles. The van der Waals surface area contributed by atoms with Crippen molar-refractivity contribution in [1.82, 2.24) is 4.90 Å².